The lowest BCUT2D eigenvalue weighted by molar-refractivity contribution is 0.661. The van der Waals surface area contributed by atoms with Gasteiger partial charge in [0.05, 0.1) is 0 Å². The third-order valence-electron chi connectivity index (χ3n) is 15.0. The molecule has 0 radical (unpaired) electrons. The second-order valence-electron chi connectivity index (χ2n) is 18.8. The molecule has 0 aliphatic heterocycles. The minimum atomic E-state index is -2.94. The van der Waals surface area contributed by atoms with Crippen LogP contribution in [-0.2, 0) is 5.41 Å². The third kappa shape index (κ3) is 5.76. The Labute approximate surface area is 387 Å². The quantitative estimate of drug-likeness (QED) is 0.0851. The van der Waals surface area contributed by atoms with Gasteiger partial charge in [0.2, 0.25) is 0 Å². The van der Waals surface area contributed by atoms with Gasteiger partial charge in [0.25, 0.3) is 0 Å². The normalized spacial score (nSPS) is 13.1. The first-order chi connectivity index (χ1) is 32.5. The summed E-state index contributed by atoms with van der Waals surface area (Å²) >= 11 is 0. The highest BCUT2D eigenvalue weighted by Crippen LogP contribution is 2.51. The van der Waals surface area contributed by atoms with E-state index in [1.54, 1.807) is 0 Å². The van der Waals surface area contributed by atoms with Crippen molar-refractivity contribution in [1.82, 2.24) is 0 Å². The van der Waals surface area contributed by atoms with Crippen LogP contribution in [0.25, 0.3) is 87.6 Å². The Hall–Kier alpha value is -7.84. The molecule has 12 aromatic carbocycles. The molecule has 0 atom stereocenters. The zero-order chi connectivity index (χ0) is 44.0. The van der Waals surface area contributed by atoms with E-state index >= 15 is 0 Å². The number of hydrogen-bond acceptors (Lipinski definition) is 0. The molecule has 0 aromatic heterocycles. The lowest BCUT2D eigenvalue weighted by Gasteiger charge is -2.36. The fraction of sp³-hybridized carbons (Fsp3) is 0.0462. The molecule has 0 saturated heterocycles. The van der Waals surface area contributed by atoms with Crippen LogP contribution in [0, 0.1) is 0 Å². The van der Waals surface area contributed by atoms with Crippen LogP contribution in [0.4, 0.5) is 0 Å². The van der Waals surface area contributed by atoms with Crippen molar-refractivity contribution in [3.8, 4) is 44.5 Å². The van der Waals surface area contributed by atoms with Crippen molar-refractivity contribution in [2.24, 2.45) is 0 Å². The van der Waals surface area contributed by atoms with E-state index in [1.807, 2.05) is 0 Å². The zero-order valence-corrected chi connectivity index (χ0v) is 38.1. The van der Waals surface area contributed by atoms with Gasteiger partial charge in [-0.05, 0) is 138 Å². The summed E-state index contributed by atoms with van der Waals surface area (Å²) in [5, 5.41) is 15.9. The first-order valence-electron chi connectivity index (χ1n) is 23.2. The molecule has 0 amide bonds. The van der Waals surface area contributed by atoms with Gasteiger partial charge in [-0.15, -0.1) is 0 Å². The maximum atomic E-state index is 2.56. The minimum Gasteiger partial charge on any atom is -0.0623 e. The maximum absolute atomic E-state index is 2.94. The third-order valence-corrected chi connectivity index (χ3v) is 19.8. The molecule has 0 saturated carbocycles. The van der Waals surface area contributed by atoms with Crippen molar-refractivity contribution in [1.29, 1.82) is 0 Å². The van der Waals surface area contributed by atoms with Crippen LogP contribution < -0.4 is 20.7 Å². The van der Waals surface area contributed by atoms with E-state index in [9.17, 15) is 0 Å². The smallest absolute Gasteiger partial charge is 0.0623 e. The molecular weight excluding hydrogens is 809 g/mol. The van der Waals surface area contributed by atoms with Gasteiger partial charge in [-0.1, -0.05) is 238 Å². The molecule has 0 N–H and O–H groups in total. The van der Waals surface area contributed by atoms with Gasteiger partial charge in [0.1, 0.15) is 0 Å². The fourth-order valence-electron chi connectivity index (χ4n) is 11.7. The zero-order valence-electron chi connectivity index (χ0n) is 37.1. The Bertz CT molecular complexity index is 3710. The summed E-state index contributed by atoms with van der Waals surface area (Å²) < 4.78 is 0. The summed E-state index contributed by atoms with van der Waals surface area (Å²) in [5.74, 6) is 0. The summed E-state index contributed by atoms with van der Waals surface area (Å²) in [4.78, 5) is 0. The largest absolute Gasteiger partial charge is 0.180 e. The van der Waals surface area contributed by atoms with Crippen molar-refractivity contribution >= 4 is 71.9 Å². The molecule has 0 heterocycles. The van der Waals surface area contributed by atoms with E-state index in [1.165, 1.54) is 119 Å². The summed E-state index contributed by atoms with van der Waals surface area (Å²) in [7, 11) is -2.94. The molecule has 0 nitrogen and oxygen atoms in total. The highest BCUT2D eigenvalue weighted by atomic mass is 28.3. The standard InChI is InChI=1S/C65H46Si/c1-65(2)60-40-48(32-36-57(60)58-37-33-51(41-61(58)65)55-34-29-46-27-26-44-17-14-18-45-30-38-59(55)64(46)63(44)45)49-31-35-56(50-28-25-43-15-12-13-16-47(43)39-50)62(42-49)66(52-19-6-3-7-20-52,53-21-8-4-9-22-53)54-23-10-5-11-24-54/h3-42H,1-2H3. The number of fused-ring (bicyclic) bond motifs is 4. The molecule has 1 heteroatoms. The molecule has 0 spiro atoms. The molecule has 12 aromatic rings. The summed E-state index contributed by atoms with van der Waals surface area (Å²) in [6, 6.07) is 92.0. The van der Waals surface area contributed by atoms with Crippen LogP contribution in [0.1, 0.15) is 25.0 Å². The van der Waals surface area contributed by atoms with Crippen molar-refractivity contribution in [3.63, 3.8) is 0 Å². The van der Waals surface area contributed by atoms with E-state index < -0.39 is 8.07 Å². The highest BCUT2D eigenvalue weighted by Gasteiger charge is 2.43. The first kappa shape index (κ1) is 38.6. The summed E-state index contributed by atoms with van der Waals surface area (Å²) in [6.07, 6.45) is 0. The maximum Gasteiger partial charge on any atom is 0.180 e. The topological polar surface area (TPSA) is 0 Å². The van der Waals surface area contributed by atoms with Crippen LogP contribution in [0.5, 0.6) is 0 Å². The Kier molecular flexibility index (Phi) is 8.69. The molecule has 1 aliphatic carbocycles. The predicted molar refractivity (Wildman–Crippen MR) is 285 cm³/mol. The van der Waals surface area contributed by atoms with Crippen LogP contribution in [-0.4, -0.2) is 8.07 Å². The van der Waals surface area contributed by atoms with Gasteiger partial charge >= 0.3 is 0 Å². The molecule has 0 unspecified atom stereocenters. The van der Waals surface area contributed by atoms with E-state index in [2.05, 4.69) is 257 Å². The Morgan fingerprint density at radius 3 is 1.35 bits per heavy atom. The second kappa shape index (κ2) is 14.9. The molecule has 66 heavy (non-hydrogen) atoms. The van der Waals surface area contributed by atoms with E-state index in [0.29, 0.717) is 0 Å². The predicted octanol–water partition coefficient (Wildman–Crippen LogP) is 14.4. The number of rotatable bonds is 7. The van der Waals surface area contributed by atoms with Gasteiger partial charge in [0, 0.05) is 5.41 Å². The van der Waals surface area contributed by atoms with E-state index in [0.717, 1.165) is 0 Å². The van der Waals surface area contributed by atoms with Gasteiger partial charge in [-0.3, -0.25) is 0 Å². The van der Waals surface area contributed by atoms with E-state index in [-0.39, 0.29) is 5.41 Å². The number of hydrogen-bond donors (Lipinski definition) is 0. The minimum absolute atomic E-state index is 0.203. The average Bonchev–Trinajstić information content (AvgIpc) is 3.61. The van der Waals surface area contributed by atoms with Crippen LogP contribution in [0.2, 0.25) is 0 Å². The van der Waals surface area contributed by atoms with Crippen molar-refractivity contribution < 1.29 is 0 Å². The molecule has 0 fully saturated rings. The molecule has 1 aliphatic rings. The molecule has 0 bridgehead atoms. The van der Waals surface area contributed by atoms with Crippen LogP contribution in [0.15, 0.2) is 243 Å². The summed E-state index contributed by atoms with van der Waals surface area (Å²) in [5.41, 5.74) is 12.8. The average molecular weight is 855 g/mol. The highest BCUT2D eigenvalue weighted by molar-refractivity contribution is 7.20. The van der Waals surface area contributed by atoms with E-state index in [4.69, 9.17) is 0 Å². The van der Waals surface area contributed by atoms with Crippen molar-refractivity contribution in [3.05, 3.63) is 254 Å². The van der Waals surface area contributed by atoms with Gasteiger partial charge < -0.3 is 0 Å². The second-order valence-corrected chi connectivity index (χ2v) is 22.6. The van der Waals surface area contributed by atoms with Gasteiger partial charge in [-0.25, -0.2) is 0 Å². The van der Waals surface area contributed by atoms with Gasteiger partial charge in [-0.2, -0.15) is 0 Å². The van der Waals surface area contributed by atoms with Crippen molar-refractivity contribution in [2.75, 3.05) is 0 Å². The monoisotopic (exact) mass is 854 g/mol. The van der Waals surface area contributed by atoms with Crippen molar-refractivity contribution in [2.45, 2.75) is 19.3 Å². The Balaban J connectivity index is 0.992. The van der Waals surface area contributed by atoms with Gasteiger partial charge in [0.15, 0.2) is 8.07 Å². The molecule has 310 valence electrons. The first-order valence-corrected chi connectivity index (χ1v) is 25.2. The molecule has 13 rings (SSSR count). The summed E-state index contributed by atoms with van der Waals surface area (Å²) in [6.45, 7) is 4.84. The lowest BCUT2D eigenvalue weighted by atomic mass is 9.80. The SMILES string of the molecule is CC1(C)c2cc(-c3ccc(-c4ccc5ccccc5c4)c([Si](c4ccccc4)(c4ccccc4)c4ccccc4)c3)ccc2-c2ccc(-c3ccc4ccc5cccc6ccc3c4c56)cc21. The number of benzene rings is 12. The van der Waals surface area contributed by atoms with Crippen LogP contribution >= 0.6 is 0 Å². The lowest BCUT2D eigenvalue weighted by Crippen LogP contribution is -2.75. The fourth-order valence-corrected chi connectivity index (χ4v) is 16.8. The van der Waals surface area contributed by atoms with Crippen LogP contribution in [0.3, 0.4) is 0 Å². The Morgan fingerprint density at radius 2 is 0.712 bits per heavy atom. The Morgan fingerprint density at radius 1 is 0.288 bits per heavy atom. The molecular formula is C65H46Si.